The fourth-order valence-corrected chi connectivity index (χ4v) is 2.63. The Labute approximate surface area is 107 Å². The van der Waals surface area contributed by atoms with Crippen LogP contribution in [-0.2, 0) is 0 Å². The molecule has 0 amide bonds. The third-order valence-corrected chi connectivity index (χ3v) is 3.79. The van der Waals surface area contributed by atoms with Gasteiger partial charge in [-0.2, -0.15) is 0 Å². The lowest BCUT2D eigenvalue weighted by atomic mass is 10.2. The van der Waals surface area contributed by atoms with Gasteiger partial charge >= 0.3 is 0 Å². The molecule has 0 spiro atoms. The summed E-state index contributed by atoms with van der Waals surface area (Å²) in [6.07, 6.45) is 3.69. The second kappa shape index (κ2) is 4.72. The monoisotopic (exact) mass is 244 g/mol. The molecule has 17 heavy (non-hydrogen) atoms. The van der Waals surface area contributed by atoms with Gasteiger partial charge in [0.1, 0.15) is 0 Å². The first-order chi connectivity index (χ1) is 8.15. The van der Waals surface area contributed by atoms with Crippen LogP contribution in [0.25, 0.3) is 0 Å². The Morgan fingerprint density at radius 3 is 2.59 bits per heavy atom. The summed E-state index contributed by atoms with van der Waals surface area (Å²) < 4.78 is 0. The predicted octanol–water partition coefficient (Wildman–Crippen LogP) is 3.85. The number of nitrogens with one attached hydrogen (secondary N) is 1. The van der Waals surface area contributed by atoms with Crippen LogP contribution < -0.4 is 10.2 Å². The molecule has 0 saturated carbocycles. The smallest absolute Gasteiger partial charge is 0.0527 e. The number of allylic oxidation sites excluding steroid dienone is 2. The fourth-order valence-electron chi connectivity index (χ4n) is 1.66. The minimum absolute atomic E-state index is 1.02. The van der Waals surface area contributed by atoms with Gasteiger partial charge in [-0.05, 0) is 24.3 Å². The second-order valence-electron chi connectivity index (χ2n) is 3.99. The first-order valence-electron chi connectivity index (χ1n) is 5.41. The molecular weight excluding hydrogens is 228 g/mol. The zero-order chi connectivity index (χ0) is 12.4. The molecule has 88 valence electrons. The van der Waals surface area contributed by atoms with Crippen LogP contribution >= 0.6 is 11.8 Å². The van der Waals surface area contributed by atoms with Gasteiger partial charge in [0, 0.05) is 29.6 Å². The van der Waals surface area contributed by atoms with E-state index in [2.05, 4.69) is 41.6 Å². The van der Waals surface area contributed by atoms with Gasteiger partial charge in [-0.25, -0.2) is 0 Å². The molecule has 1 heterocycles. The first kappa shape index (κ1) is 11.9. The van der Waals surface area contributed by atoms with E-state index < -0.39 is 0 Å². The van der Waals surface area contributed by atoms with Crippen molar-refractivity contribution in [2.24, 2.45) is 0 Å². The van der Waals surface area contributed by atoms with Crippen LogP contribution in [0.5, 0.6) is 0 Å². The van der Waals surface area contributed by atoms with Crippen molar-refractivity contribution < 1.29 is 0 Å². The van der Waals surface area contributed by atoms with Crippen LogP contribution in [0.3, 0.4) is 0 Å². The normalized spacial score (nSPS) is 13.8. The SMILES string of the molecule is C=CC1=C(C=C)Sc2cc(N(C)C)ccc2N1. The maximum absolute atomic E-state index is 3.84. The summed E-state index contributed by atoms with van der Waals surface area (Å²) >= 11 is 1.72. The van der Waals surface area contributed by atoms with Gasteiger partial charge in [0.15, 0.2) is 0 Å². The van der Waals surface area contributed by atoms with E-state index in [0.29, 0.717) is 0 Å². The van der Waals surface area contributed by atoms with Crippen molar-refractivity contribution in [2.75, 3.05) is 24.3 Å². The molecule has 1 aromatic rings. The summed E-state index contributed by atoms with van der Waals surface area (Å²) in [6.45, 7) is 7.65. The van der Waals surface area contributed by atoms with E-state index in [4.69, 9.17) is 0 Å². The molecule has 2 rings (SSSR count). The van der Waals surface area contributed by atoms with Gasteiger partial charge in [0.05, 0.1) is 11.4 Å². The fraction of sp³-hybridized carbons (Fsp3) is 0.143. The first-order valence-corrected chi connectivity index (χ1v) is 6.22. The highest BCUT2D eigenvalue weighted by Crippen LogP contribution is 2.41. The van der Waals surface area contributed by atoms with Crippen LogP contribution in [0.4, 0.5) is 11.4 Å². The number of thioether (sulfide) groups is 1. The molecule has 0 saturated heterocycles. The van der Waals surface area contributed by atoms with Crippen LogP contribution in [0.1, 0.15) is 0 Å². The highest BCUT2D eigenvalue weighted by molar-refractivity contribution is 8.03. The predicted molar refractivity (Wildman–Crippen MR) is 77.7 cm³/mol. The lowest BCUT2D eigenvalue weighted by Crippen LogP contribution is -2.10. The summed E-state index contributed by atoms with van der Waals surface area (Å²) in [5.74, 6) is 0. The Morgan fingerprint density at radius 1 is 1.24 bits per heavy atom. The molecule has 1 aliphatic heterocycles. The summed E-state index contributed by atoms with van der Waals surface area (Å²) in [5, 5.41) is 3.36. The minimum Gasteiger partial charge on any atom is -0.378 e. The van der Waals surface area contributed by atoms with Crippen molar-refractivity contribution in [3.63, 3.8) is 0 Å². The van der Waals surface area contributed by atoms with E-state index in [1.807, 2.05) is 26.2 Å². The van der Waals surface area contributed by atoms with Gasteiger partial charge in [-0.3, -0.25) is 0 Å². The molecule has 0 aliphatic carbocycles. The highest BCUT2D eigenvalue weighted by Gasteiger charge is 2.15. The van der Waals surface area contributed by atoms with Crippen molar-refractivity contribution >= 4 is 23.1 Å². The van der Waals surface area contributed by atoms with Crippen LogP contribution in [-0.4, -0.2) is 14.1 Å². The maximum Gasteiger partial charge on any atom is 0.0527 e. The molecule has 0 aromatic heterocycles. The number of anilines is 2. The number of fused-ring (bicyclic) bond motifs is 1. The van der Waals surface area contributed by atoms with E-state index in [9.17, 15) is 0 Å². The topological polar surface area (TPSA) is 15.3 Å². The Balaban J connectivity index is 2.41. The molecule has 0 atom stereocenters. The Kier molecular flexibility index (Phi) is 3.29. The summed E-state index contributed by atoms with van der Waals surface area (Å²) in [5.41, 5.74) is 3.35. The number of nitrogens with zero attached hydrogens (tertiary/aromatic N) is 1. The minimum atomic E-state index is 1.02. The molecule has 0 radical (unpaired) electrons. The van der Waals surface area contributed by atoms with E-state index >= 15 is 0 Å². The Hall–Kier alpha value is -1.61. The van der Waals surface area contributed by atoms with Crippen molar-refractivity contribution in [2.45, 2.75) is 4.90 Å². The standard InChI is InChI=1S/C14H16N2S/c1-5-11-13(6-2)17-14-9-10(16(3)4)7-8-12(14)15-11/h5-9,15H,1-2H2,3-4H3. The Morgan fingerprint density at radius 2 is 2.00 bits per heavy atom. The maximum atomic E-state index is 3.84. The molecule has 2 nitrogen and oxygen atoms in total. The van der Waals surface area contributed by atoms with Gasteiger partial charge in [-0.15, -0.1) is 0 Å². The molecule has 1 aliphatic rings. The van der Waals surface area contributed by atoms with Gasteiger partial charge in [0.25, 0.3) is 0 Å². The van der Waals surface area contributed by atoms with E-state index in [0.717, 1.165) is 16.3 Å². The average Bonchev–Trinajstić information content (AvgIpc) is 2.36. The van der Waals surface area contributed by atoms with Crippen molar-refractivity contribution in [1.29, 1.82) is 0 Å². The van der Waals surface area contributed by atoms with Crippen LogP contribution in [0, 0.1) is 0 Å². The third-order valence-electron chi connectivity index (χ3n) is 2.63. The van der Waals surface area contributed by atoms with E-state index in [1.165, 1.54) is 10.6 Å². The van der Waals surface area contributed by atoms with E-state index in [1.54, 1.807) is 11.8 Å². The molecule has 0 unspecified atom stereocenters. The average molecular weight is 244 g/mol. The van der Waals surface area contributed by atoms with Crippen molar-refractivity contribution in [3.05, 3.63) is 54.1 Å². The molecule has 3 heteroatoms. The number of hydrogen-bond acceptors (Lipinski definition) is 3. The molecule has 1 aromatic carbocycles. The molecule has 0 bridgehead atoms. The van der Waals surface area contributed by atoms with E-state index in [-0.39, 0.29) is 0 Å². The van der Waals surface area contributed by atoms with Crippen molar-refractivity contribution in [3.8, 4) is 0 Å². The summed E-state index contributed by atoms with van der Waals surface area (Å²) in [7, 11) is 4.09. The quantitative estimate of drug-likeness (QED) is 0.869. The Bertz CT molecular complexity index is 501. The summed E-state index contributed by atoms with van der Waals surface area (Å²) in [6, 6.07) is 6.38. The number of benzene rings is 1. The lowest BCUT2D eigenvalue weighted by molar-refractivity contribution is 1.12. The second-order valence-corrected chi connectivity index (χ2v) is 5.07. The zero-order valence-electron chi connectivity index (χ0n) is 10.2. The van der Waals surface area contributed by atoms with Gasteiger partial charge in [0.2, 0.25) is 0 Å². The highest BCUT2D eigenvalue weighted by atomic mass is 32.2. The zero-order valence-corrected chi connectivity index (χ0v) is 11.0. The van der Waals surface area contributed by atoms with Gasteiger partial charge < -0.3 is 10.2 Å². The number of hydrogen-bond donors (Lipinski definition) is 1. The third kappa shape index (κ3) is 2.24. The van der Waals surface area contributed by atoms with Crippen molar-refractivity contribution in [1.82, 2.24) is 0 Å². The van der Waals surface area contributed by atoms with Gasteiger partial charge in [-0.1, -0.05) is 31.0 Å². The van der Waals surface area contributed by atoms with Crippen LogP contribution in [0.2, 0.25) is 0 Å². The largest absolute Gasteiger partial charge is 0.378 e. The molecule has 0 fully saturated rings. The lowest BCUT2D eigenvalue weighted by Gasteiger charge is -2.23. The number of rotatable bonds is 3. The molecule has 1 N–H and O–H groups in total. The molecular formula is C14H16N2S. The van der Waals surface area contributed by atoms with Crippen LogP contribution in [0.15, 0.2) is 59.0 Å². The summed E-state index contributed by atoms with van der Waals surface area (Å²) in [4.78, 5) is 4.43.